The maximum Gasteiger partial charge on any atom is 0.120 e. The Bertz CT molecular complexity index is 566. The molecule has 0 aliphatic heterocycles. The van der Waals surface area contributed by atoms with Crippen LogP contribution in [0.15, 0.2) is 46.9 Å². The highest BCUT2D eigenvalue weighted by molar-refractivity contribution is 9.10. The van der Waals surface area contributed by atoms with Crippen molar-refractivity contribution in [2.75, 3.05) is 6.61 Å². The number of rotatable bonds is 5. The molecule has 2 aromatic rings. The Morgan fingerprint density at radius 3 is 2.45 bits per heavy atom. The van der Waals surface area contributed by atoms with Crippen LogP contribution in [0, 0.1) is 6.92 Å². The summed E-state index contributed by atoms with van der Waals surface area (Å²) in [5.74, 6) is 0.866. The first-order chi connectivity index (χ1) is 9.60. The van der Waals surface area contributed by atoms with Crippen LogP contribution in [-0.2, 0) is 6.42 Å². The molecule has 0 spiro atoms. The Labute approximate surface area is 129 Å². The number of benzene rings is 2. The van der Waals surface area contributed by atoms with Gasteiger partial charge in [0.25, 0.3) is 0 Å². The number of hydrogen-bond donors (Lipinski definition) is 1. The molecular formula is C17H20BrNO. The van der Waals surface area contributed by atoms with E-state index >= 15 is 0 Å². The monoisotopic (exact) mass is 333 g/mol. The van der Waals surface area contributed by atoms with Gasteiger partial charge in [-0.1, -0.05) is 51.8 Å². The van der Waals surface area contributed by atoms with Crippen LogP contribution in [0.5, 0.6) is 5.75 Å². The van der Waals surface area contributed by atoms with Gasteiger partial charge in [-0.25, -0.2) is 0 Å². The molecule has 2 aromatic carbocycles. The van der Waals surface area contributed by atoms with Crippen LogP contribution < -0.4 is 10.5 Å². The number of aryl methyl sites for hydroxylation is 1. The van der Waals surface area contributed by atoms with E-state index in [4.69, 9.17) is 10.5 Å². The minimum atomic E-state index is -0.0252. The first kappa shape index (κ1) is 15.1. The highest BCUT2D eigenvalue weighted by atomic mass is 79.9. The Hall–Kier alpha value is -1.32. The van der Waals surface area contributed by atoms with Gasteiger partial charge in [-0.15, -0.1) is 0 Å². The third kappa shape index (κ3) is 3.84. The van der Waals surface area contributed by atoms with E-state index in [-0.39, 0.29) is 6.04 Å². The zero-order valence-corrected chi connectivity index (χ0v) is 13.5. The molecule has 2 rings (SSSR count). The van der Waals surface area contributed by atoms with Gasteiger partial charge in [0, 0.05) is 10.5 Å². The van der Waals surface area contributed by atoms with E-state index in [2.05, 4.69) is 47.1 Å². The maximum atomic E-state index is 6.32. The van der Waals surface area contributed by atoms with Crippen LogP contribution in [0.4, 0.5) is 0 Å². The third-order valence-corrected chi connectivity index (χ3v) is 3.95. The molecule has 0 saturated heterocycles. The van der Waals surface area contributed by atoms with E-state index in [0.717, 1.165) is 22.2 Å². The summed E-state index contributed by atoms with van der Waals surface area (Å²) in [4.78, 5) is 0. The van der Waals surface area contributed by atoms with Gasteiger partial charge >= 0.3 is 0 Å². The van der Waals surface area contributed by atoms with Crippen molar-refractivity contribution < 1.29 is 4.74 Å². The van der Waals surface area contributed by atoms with Gasteiger partial charge in [0.05, 0.1) is 6.61 Å². The molecule has 0 aromatic heterocycles. The van der Waals surface area contributed by atoms with Crippen molar-refractivity contribution >= 4 is 15.9 Å². The molecule has 3 heteroatoms. The molecule has 1 unspecified atom stereocenters. The lowest BCUT2D eigenvalue weighted by Crippen LogP contribution is -2.14. The largest absolute Gasteiger partial charge is 0.494 e. The lowest BCUT2D eigenvalue weighted by atomic mass is 9.99. The van der Waals surface area contributed by atoms with E-state index in [9.17, 15) is 0 Å². The Kier molecular flexibility index (Phi) is 5.21. The van der Waals surface area contributed by atoms with Crippen molar-refractivity contribution in [1.82, 2.24) is 0 Å². The first-order valence-electron chi connectivity index (χ1n) is 6.83. The van der Waals surface area contributed by atoms with Crippen molar-refractivity contribution in [3.8, 4) is 5.75 Å². The average molecular weight is 334 g/mol. The van der Waals surface area contributed by atoms with Crippen LogP contribution in [0.3, 0.4) is 0 Å². The molecule has 0 bridgehead atoms. The van der Waals surface area contributed by atoms with Crippen LogP contribution in [-0.4, -0.2) is 6.61 Å². The summed E-state index contributed by atoms with van der Waals surface area (Å²) in [7, 11) is 0. The van der Waals surface area contributed by atoms with Crippen LogP contribution >= 0.6 is 15.9 Å². The normalized spacial score (nSPS) is 12.2. The minimum absolute atomic E-state index is 0.0252. The summed E-state index contributed by atoms with van der Waals surface area (Å²) in [5.41, 5.74) is 9.95. The smallest absolute Gasteiger partial charge is 0.120 e. The van der Waals surface area contributed by atoms with E-state index < -0.39 is 0 Å². The zero-order chi connectivity index (χ0) is 14.5. The van der Waals surface area contributed by atoms with Crippen molar-refractivity contribution in [2.24, 2.45) is 5.73 Å². The summed E-state index contributed by atoms with van der Waals surface area (Å²) < 4.78 is 6.48. The second kappa shape index (κ2) is 6.91. The summed E-state index contributed by atoms with van der Waals surface area (Å²) in [6, 6.07) is 14.5. The van der Waals surface area contributed by atoms with Gasteiger partial charge in [0.15, 0.2) is 0 Å². The summed E-state index contributed by atoms with van der Waals surface area (Å²) in [5, 5.41) is 0. The SMILES string of the molecule is CCOc1ccc(C(N)Cc2ccc(C)cc2)c(Br)c1. The topological polar surface area (TPSA) is 35.2 Å². The summed E-state index contributed by atoms with van der Waals surface area (Å²) >= 11 is 3.58. The molecule has 1 atom stereocenters. The number of halogens is 1. The Morgan fingerprint density at radius 2 is 1.85 bits per heavy atom. The van der Waals surface area contributed by atoms with Crippen LogP contribution in [0.25, 0.3) is 0 Å². The van der Waals surface area contributed by atoms with Crippen molar-refractivity contribution in [1.29, 1.82) is 0 Å². The number of hydrogen-bond acceptors (Lipinski definition) is 2. The zero-order valence-electron chi connectivity index (χ0n) is 11.9. The van der Waals surface area contributed by atoms with E-state index in [1.165, 1.54) is 11.1 Å². The highest BCUT2D eigenvalue weighted by Gasteiger charge is 2.11. The lowest BCUT2D eigenvalue weighted by Gasteiger charge is -2.15. The van der Waals surface area contributed by atoms with Crippen molar-refractivity contribution in [3.63, 3.8) is 0 Å². The molecule has 0 heterocycles. The predicted octanol–water partition coefficient (Wildman–Crippen LogP) is 4.40. The highest BCUT2D eigenvalue weighted by Crippen LogP contribution is 2.28. The number of ether oxygens (including phenoxy) is 1. The predicted molar refractivity (Wildman–Crippen MR) is 87.1 cm³/mol. The van der Waals surface area contributed by atoms with E-state index in [0.29, 0.717) is 6.61 Å². The second-order valence-corrected chi connectivity index (χ2v) is 5.77. The Morgan fingerprint density at radius 1 is 1.15 bits per heavy atom. The molecular weight excluding hydrogens is 314 g/mol. The average Bonchev–Trinajstić information content (AvgIpc) is 2.42. The molecule has 0 radical (unpaired) electrons. The van der Waals surface area contributed by atoms with Gasteiger partial charge in [-0.3, -0.25) is 0 Å². The van der Waals surface area contributed by atoms with Crippen LogP contribution in [0.2, 0.25) is 0 Å². The third-order valence-electron chi connectivity index (χ3n) is 3.26. The standard InChI is InChI=1S/C17H20BrNO/c1-3-20-14-8-9-15(16(18)11-14)17(19)10-13-6-4-12(2)5-7-13/h4-9,11,17H,3,10,19H2,1-2H3. The van der Waals surface area contributed by atoms with E-state index in [1.54, 1.807) is 0 Å². The molecule has 20 heavy (non-hydrogen) atoms. The van der Waals surface area contributed by atoms with Crippen molar-refractivity contribution in [2.45, 2.75) is 26.3 Å². The number of nitrogens with two attached hydrogens (primary N) is 1. The van der Waals surface area contributed by atoms with Crippen LogP contribution in [0.1, 0.15) is 29.7 Å². The van der Waals surface area contributed by atoms with Gasteiger partial charge in [-0.2, -0.15) is 0 Å². The van der Waals surface area contributed by atoms with E-state index in [1.807, 2.05) is 25.1 Å². The molecule has 0 saturated carbocycles. The molecule has 0 fully saturated rings. The molecule has 2 nitrogen and oxygen atoms in total. The quantitative estimate of drug-likeness (QED) is 0.880. The summed E-state index contributed by atoms with van der Waals surface area (Å²) in [6.45, 7) is 4.74. The first-order valence-corrected chi connectivity index (χ1v) is 7.63. The molecule has 0 amide bonds. The van der Waals surface area contributed by atoms with Gasteiger partial charge in [-0.05, 0) is 43.5 Å². The van der Waals surface area contributed by atoms with Crippen molar-refractivity contribution in [3.05, 3.63) is 63.6 Å². The Balaban J connectivity index is 2.12. The fraction of sp³-hybridized carbons (Fsp3) is 0.294. The molecule has 0 aliphatic carbocycles. The maximum absolute atomic E-state index is 6.32. The fourth-order valence-corrected chi connectivity index (χ4v) is 2.80. The molecule has 106 valence electrons. The minimum Gasteiger partial charge on any atom is -0.494 e. The fourth-order valence-electron chi connectivity index (χ4n) is 2.15. The summed E-state index contributed by atoms with van der Waals surface area (Å²) in [6.07, 6.45) is 0.826. The van der Waals surface area contributed by atoms with Gasteiger partial charge in [0.2, 0.25) is 0 Å². The lowest BCUT2D eigenvalue weighted by molar-refractivity contribution is 0.340. The molecule has 0 aliphatic rings. The second-order valence-electron chi connectivity index (χ2n) is 4.91. The van der Waals surface area contributed by atoms with Gasteiger partial charge < -0.3 is 10.5 Å². The molecule has 2 N–H and O–H groups in total. The van der Waals surface area contributed by atoms with Gasteiger partial charge in [0.1, 0.15) is 5.75 Å².